The maximum atomic E-state index is 12.8. The summed E-state index contributed by atoms with van der Waals surface area (Å²) >= 11 is 0. The van der Waals surface area contributed by atoms with Gasteiger partial charge in [0, 0.05) is 13.0 Å². The summed E-state index contributed by atoms with van der Waals surface area (Å²) in [7, 11) is 1.35. The highest BCUT2D eigenvalue weighted by atomic mass is 31.2. The van der Waals surface area contributed by atoms with E-state index in [-0.39, 0.29) is 25.8 Å². The molecule has 8 nitrogen and oxygen atoms in total. The average Bonchev–Trinajstić information content (AvgIpc) is 3.33. The van der Waals surface area contributed by atoms with Gasteiger partial charge in [-0.25, -0.2) is 0 Å². The van der Waals surface area contributed by atoms with E-state index in [1.807, 2.05) is 21.1 Å². The molecule has 2 atom stereocenters. The van der Waals surface area contributed by atoms with E-state index in [1.54, 1.807) is 0 Å². The summed E-state index contributed by atoms with van der Waals surface area (Å²) in [5.74, 6) is -0.343. The number of phosphoric acid groups is 1. The second-order valence-corrected chi connectivity index (χ2v) is 22.4. The Morgan fingerprint density at radius 1 is 0.451 bits per heavy atom. The Morgan fingerprint density at radius 3 is 1.24 bits per heavy atom. The molecule has 9 heteroatoms. The molecule has 0 aliphatic carbocycles. The first-order chi connectivity index (χ1) is 34.6. The third-order valence-electron chi connectivity index (χ3n) is 12.7. The predicted octanol–water partition coefficient (Wildman–Crippen LogP) is 18.3. The summed E-state index contributed by atoms with van der Waals surface area (Å²) in [5, 5.41) is 0. The Kier molecular flexibility index (Phi) is 52.6. The number of allylic oxidation sites excluding steroid dienone is 12. The summed E-state index contributed by atoms with van der Waals surface area (Å²) < 4.78 is 34.9. The molecule has 0 aliphatic rings. The van der Waals surface area contributed by atoms with Gasteiger partial charge in [0.15, 0.2) is 0 Å². The zero-order valence-corrected chi connectivity index (χ0v) is 48.1. The van der Waals surface area contributed by atoms with Crippen LogP contribution < -0.4 is 4.89 Å². The molecule has 0 N–H and O–H groups in total. The molecule has 414 valence electrons. The van der Waals surface area contributed by atoms with Gasteiger partial charge in [-0.2, -0.15) is 0 Å². The quantitative estimate of drug-likeness (QED) is 0.0197. The smallest absolute Gasteiger partial charge is 0.306 e. The van der Waals surface area contributed by atoms with E-state index in [9.17, 15) is 14.3 Å². The van der Waals surface area contributed by atoms with Crippen LogP contribution in [0, 0.1) is 0 Å². The fraction of sp³-hybridized carbons (Fsp3) is 0.790. The number of hydrogen-bond donors (Lipinski definition) is 0. The monoisotopic (exact) mass is 1020 g/mol. The first kappa shape index (κ1) is 68.9. The molecule has 71 heavy (non-hydrogen) atoms. The lowest BCUT2D eigenvalue weighted by atomic mass is 10.0. The van der Waals surface area contributed by atoms with Gasteiger partial charge < -0.3 is 27.9 Å². The van der Waals surface area contributed by atoms with E-state index < -0.39 is 13.9 Å². The van der Waals surface area contributed by atoms with Crippen LogP contribution in [0.3, 0.4) is 0 Å². The van der Waals surface area contributed by atoms with E-state index in [0.29, 0.717) is 24.1 Å². The Balaban J connectivity index is 4.08. The van der Waals surface area contributed by atoms with Crippen LogP contribution in [0.25, 0.3) is 0 Å². The fourth-order valence-electron chi connectivity index (χ4n) is 8.22. The number of carbonyl (C=O) groups is 1. The zero-order valence-electron chi connectivity index (χ0n) is 47.2. The number of phosphoric ester groups is 1. The zero-order chi connectivity index (χ0) is 51.9. The fourth-order valence-corrected chi connectivity index (χ4v) is 8.95. The van der Waals surface area contributed by atoms with Crippen LogP contribution in [-0.4, -0.2) is 70.7 Å². The van der Waals surface area contributed by atoms with E-state index in [2.05, 4.69) is 86.8 Å². The van der Waals surface area contributed by atoms with Gasteiger partial charge >= 0.3 is 5.97 Å². The molecule has 0 spiro atoms. The molecule has 0 aromatic carbocycles. The molecular formula is C62H114NO7P. The Labute approximate surface area is 440 Å². The lowest BCUT2D eigenvalue weighted by Gasteiger charge is -2.28. The minimum absolute atomic E-state index is 0.0214. The van der Waals surface area contributed by atoms with Crippen molar-refractivity contribution in [3.63, 3.8) is 0 Å². The van der Waals surface area contributed by atoms with Gasteiger partial charge in [-0.05, 0) is 83.5 Å². The number of unbranched alkanes of at least 4 members (excludes halogenated alkanes) is 29. The van der Waals surface area contributed by atoms with Crippen molar-refractivity contribution in [1.82, 2.24) is 0 Å². The molecule has 0 saturated carbocycles. The summed E-state index contributed by atoms with van der Waals surface area (Å²) in [4.78, 5) is 25.3. The SMILES string of the molecule is CC/C=C\C/C=C\C/C=C\C/C=C\C/C=C\CCCCCCCCCC(=O)OC(COCCCCCCCCCCCCCCCC/C=C\CCCCCCCCCC)COP(=O)([O-])OCC[N+](C)(C)C. The second kappa shape index (κ2) is 54.2. The van der Waals surface area contributed by atoms with Crippen molar-refractivity contribution in [3.05, 3.63) is 72.9 Å². The number of likely N-dealkylation sites (N-methyl/N-ethyl adjacent to an activating group) is 1. The second-order valence-electron chi connectivity index (χ2n) is 21.0. The van der Waals surface area contributed by atoms with Crippen molar-refractivity contribution >= 4 is 13.8 Å². The minimum Gasteiger partial charge on any atom is -0.756 e. The maximum Gasteiger partial charge on any atom is 0.306 e. The molecule has 0 saturated heterocycles. The largest absolute Gasteiger partial charge is 0.756 e. The van der Waals surface area contributed by atoms with Crippen molar-refractivity contribution in [2.75, 3.05) is 54.1 Å². The van der Waals surface area contributed by atoms with Crippen molar-refractivity contribution in [2.24, 2.45) is 0 Å². The lowest BCUT2D eigenvalue weighted by molar-refractivity contribution is -0.870. The molecule has 0 aromatic rings. The van der Waals surface area contributed by atoms with E-state index >= 15 is 0 Å². The van der Waals surface area contributed by atoms with E-state index in [4.69, 9.17) is 18.5 Å². The van der Waals surface area contributed by atoms with Crippen LogP contribution in [0.4, 0.5) is 0 Å². The molecular weight excluding hydrogens is 902 g/mol. The van der Waals surface area contributed by atoms with Gasteiger partial charge in [-0.1, -0.05) is 241 Å². The number of esters is 1. The first-order valence-corrected chi connectivity index (χ1v) is 31.1. The van der Waals surface area contributed by atoms with Crippen molar-refractivity contribution in [2.45, 2.75) is 264 Å². The number of carbonyl (C=O) groups excluding carboxylic acids is 1. The third kappa shape index (κ3) is 58.7. The predicted molar refractivity (Wildman–Crippen MR) is 305 cm³/mol. The Morgan fingerprint density at radius 2 is 0.817 bits per heavy atom. The first-order valence-electron chi connectivity index (χ1n) is 29.7. The molecule has 0 heterocycles. The highest BCUT2D eigenvalue weighted by Crippen LogP contribution is 2.38. The average molecular weight is 1020 g/mol. The highest BCUT2D eigenvalue weighted by molar-refractivity contribution is 7.45. The highest BCUT2D eigenvalue weighted by Gasteiger charge is 2.20. The summed E-state index contributed by atoms with van der Waals surface area (Å²) in [5.41, 5.74) is 0. The Hall–Kier alpha value is -2.06. The minimum atomic E-state index is -4.54. The lowest BCUT2D eigenvalue weighted by Crippen LogP contribution is -2.37. The van der Waals surface area contributed by atoms with Crippen LogP contribution >= 0.6 is 7.82 Å². The molecule has 0 radical (unpaired) electrons. The van der Waals surface area contributed by atoms with Crippen LogP contribution in [0.15, 0.2) is 72.9 Å². The van der Waals surface area contributed by atoms with Gasteiger partial charge in [0.2, 0.25) is 0 Å². The van der Waals surface area contributed by atoms with Gasteiger partial charge in [0.05, 0.1) is 34.4 Å². The molecule has 0 rings (SSSR count). The van der Waals surface area contributed by atoms with Crippen molar-refractivity contribution < 1.29 is 37.3 Å². The molecule has 0 aliphatic heterocycles. The summed E-state index contributed by atoms with van der Waals surface area (Å²) in [6.07, 6.45) is 72.3. The van der Waals surface area contributed by atoms with E-state index in [1.165, 1.54) is 161 Å². The third-order valence-corrected chi connectivity index (χ3v) is 13.7. The van der Waals surface area contributed by atoms with E-state index in [0.717, 1.165) is 77.0 Å². The molecule has 2 unspecified atom stereocenters. The summed E-state index contributed by atoms with van der Waals surface area (Å²) in [6.45, 7) is 5.31. The van der Waals surface area contributed by atoms with Crippen LogP contribution in [0.5, 0.6) is 0 Å². The molecule has 0 amide bonds. The molecule has 0 fully saturated rings. The molecule has 0 bridgehead atoms. The van der Waals surface area contributed by atoms with Gasteiger partial charge in [-0.3, -0.25) is 9.36 Å². The Bertz CT molecular complexity index is 1370. The maximum absolute atomic E-state index is 12.8. The number of nitrogens with zero attached hydrogens (tertiary/aromatic N) is 1. The topological polar surface area (TPSA) is 94.1 Å². The summed E-state index contributed by atoms with van der Waals surface area (Å²) in [6, 6.07) is 0. The van der Waals surface area contributed by atoms with Gasteiger partial charge in [0.1, 0.15) is 19.3 Å². The standard InChI is InChI=1S/C62H114NO7P/c1-6-8-10-12-14-16-18-20-22-24-26-28-30-31-32-34-36-38-40-42-44-46-48-50-52-54-57-67-59-61(60-69-71(65,66)68-58-56-63(3,4)5)70-62(64)55-53-51-49-47-45-43-41-39-37-35-33-29-27-25-23-21-19-17-15-13-11-9-7-2/h9,11,15,17,21,23-24,26-27,29,35,37,61H,6-8,10,12-14,16,18-20,22,25,28,30-34,36,38-60H2,1-5H3/b11-9-,17-15-,23-21-,26-24-,29-27-,37-35-. The normalized spacial score (nSPS) is 13.9. The van der Waals surface area contributed by atoms with Crippen LogP contribution in [-0.2, 0) is 27.9 Å². The number of hydrogen-bond acceptors (Lipinski definition) is 7. The van der Waals surface area contributed by atoms with Crippen LogP contribution in [0.1, 0.15) is 258 Å². The van der Waals surface area contributed by atoms with Crippen molar-refractivity contribution in [1.29, 1.82) is 0 Å². The number of quaternary nitrogens is 1. The van der Waals surface area contributed by atoms with Gasteiger partial charge in [0.25, 0.3) is 7.82 Å². The van der Waals surface area contributed by atoms with Crippen LogP contribution in [0.2, 0.25) is 0 Å². The molecule has 0 aromatic heterocycles. The number of ether oxygens (including phenoxy) is 2. The van der Waals surface area contributed by atoms with Crippen molar-refractivity contribution in [3.8, 4) is 0 Å². The number of rotatable bonds is 55. The van der Waals surface area contributed by atoms with Gasteiger partial charge in [-0.15, -0.1) is 0 Å².